The van der Waals surface area contributed by atoms with Gasteiger partial charge < -0.3 is 5.73 Å². The number of aromatic nitrogens is 3. The third-order valence-corrected chi connectivity index (χ3v) is 2.32. The Morgan fingerprint density at radius 3 is 3.14 bits per heavy atom. The predicted octanol–water partition coefficient (Wildman–Crippen LogP) is 0.867. The van der Waals surface area contributed by atoms with Crippen molar-refractivity contribution in [2.45, 2.75) is 13.3 Å². The largest absolute Gasteiger partial charge is 0.330 e. The van der Waals surface area contributed by atoms with E-state index in [1.807, 2.05) is 16.9 Å². The van der Waals surface area contributed by atoms with E-state index in [2.05, 4.69) is 23.1 Å². The lowest BCUT2D eigenvalue weighted by molar-refractivity contribution is 0.593. The highest BCUT2D eigenvalue weighted by Gasteiger charge is 2.04. The maximum atomic E-state index is 5.58. The summed E-state index contributed by atoms with van der Waals surface area (Å²) in [5, 5.41) is 4.11. The molecular weight excluding hydrogens is 176 g/mol. The van der Waals surface area contributed by atoms with E-state index in [4.69, 9.17) is 5.73 Å². The molecule has 0 bridgehead atoms. The summed E-state index contributed by atoms with van der Waals surface area (Å²) in [7, 11) is 0. The molecule has 0 aliphatic heterocycles. The topological polar surface area (TPSA) is 56.2 Å². The lowest BCUT2D eigenvalue weighted by Gasteiger charge is -2.04. The van der Waals surface area contributed by atoms with Crippen molar-refractivity contribution < 1.29 is 0 Å². The monoisotopic (exact) mass is 190 g/mol. The van der Waals surface area contributed by atoms with Gasteiger partial charge in [-0.15, -0.1) is 0 Å². The molecule has 0 aromatic carbocycles. The molecular formula is C10H14N4. The van der Waals surface area contributed by atoms with Crippen LogP contribution in [0.2, 0.25) is 0 Å². The van der Waals surface area contributed by atoms with E-state index in [-0.39, 0.29) is 0 Å². The number of nitrogens with zero attached hydrogens (tertiary/aromatic N) is 3. The van der Waals surface area contributed by atoms with E-state index >= 15 is 0 Å². The average molecular weight is 190 g/mol. The van der Waals surface area contributed by atoms with Crippen molar-refractivity contribution in [3.05, 3.63) is 30.4 Å². The van der Waals surface area contributed by atoms with E-state index in [0.717, 1.165) is 18.5 Å². The molecule has 0 spiro atoms. The van der Waals surface area contributed by atoms with Crippen LogP contribution < -0.4 is 5.73 Å². The highest BCUT2D eigenvalue weighted by atomic mass is 15.2. The van der Waals surface area contributed by atoms with Crippen LogP contribution in [0, 0.1) is 5.92 Å². The number of fused-ring (bicyclic) bond motifs is 1. The summed E-state index contributed by atoms with van der Waals surface area (Å²) >= 11 is 0. The normalized spacial score (nSPS) is 13.3. The quantitative estimate of drug-likeness (QED) is 0.781. The third kappa shape index (κ3) is 1.75. The fourth-order valence-corrected chi connectivity index (χ4v) is 1.51. The van der Waals surface area contributed by atoms with Crippen LogP contribution in [-0.2, 0) is 6.42 Å². The standard InChI is InChI=1S/C10H14N4/c1-8(4-11)2-9-3-10-5-12-7-13-14(10)6-9/h3,5-8H,2,4,11H2,1H3. The van der Waals surface area contributed by atoms with E-state index < -0.39 is 0 Å². The lowest BCUT2D eigenvalue weighted by Crippen LogP contribution is -2.12. The maximum absolute atomic E-state index is 5.58. The first-order chi connectivity index (χ1) is 6.79. The first kappa shape index (κ1) is 9.15. The molecule has 4 nitrogen and oxygen atoms in total. The van der Waals surface area contributed by atoms with E-state index in [1.54, 1.807) is 6.33 Å². The van der Waals surface area contributed by atoms with Crippen molar-refractivity contribution in [3.8, 4) is 0 Å². The van der Waals surface area contributed by atoms with Gasteiger partial charge in [-0.1, -0.05) is 6.92 Å². The van der Waals surface area contributed by atoms with E-state index in [9.17, 15) is 0 Å². The fraction of sp³-hybridized carbons (Fsp3) is 0.400. The predicted molar refractivity (Wildman–Crippen MR) is 54.9 cm³/mol. The zero-order valence-corrected chi connectivity index (χ0v) is 8.22. The second kappa shape index (κ2) is 3.75. The molecule has 0 fully saturated rings. The van der Waals surface area contributed by atoms with Gasteiger partial charge in [0.15, 0.2) is 0 Å². The van der Waals surface area contributed by atoms with Crippen LogP contribution in [-0.4, -0.2) is 21.1 Å². The van der Waals surface area contributed by atoms with E-state index in [1.165, 1.54) is 5.56 Å². The van der Waals surface area contributed by atoms with Crippen LogP contribution in [0.3, 0.4) is 0 Å². The molecule has 2 heterocycles. The molecule has 0 amide bonds. The first-order valence-corrected chi connectivity index (χ1v) is 4.77. The summed E-state index contributed by atoms with van der Waals surface area (Å²) in [4.78, 5) is 3.97. The van der Waals surface area contributed by atoms with Crippen LogP contribution in [0.15, 0.2) is 24.8 Å². The minimum Gasteiger partial charge on any atom is -0.330 e. The van der Waals surface area contributed by atoms with Crippen molar-refractivity contribution in [1.82, 2.24) is 14.6 Å². The molecule has 4 heteroatoms. The molecule has 1 unspecified atom stereocenters. The summed E-state index contributed by atoms with van der Waals surface area (Å²) < 4.78 is 1.84. The Bertz CT molecular complexity index is 388. The number of hydrogen-bond donors (Lipinski definition) is 1. The Hall–Kier alpha value is -1.42. The van der Waals surface area contributed by atoms with Gasteiger partial charge in [-0.05, 0) is 30.5 Å². The Balaban J connectivity index is 2.27. The Morgan fingerprint density at radius 1 is 1.57 bits per heavy atom. The third-order valence-electron chi connectivity index (χ3n) is 2.32. The van der Waals surface area contributed by atoms with Gasteiger partial charge in [-0.2, -0.15) is 5.10 Å². The van der Waals surface area contributed by atoms with Gasteiger partial charge in [0.1, 0.15) is 6.33 Å². The molecule has 2 N–H and O–H groups in total. The zero-order chi connectivity index (χ0) is 9.97. The highest BCUT2D eigenvalue weighted by molar-refractivity contribution is 5.46. The van der Waals surface area contributed by atoms with Crippen molar-refractivity contribution in [2.24, 2.45) is 11.7 Å². The molecule has 2 aromatic rings. The van der Waals surface area contributed by atoms with Crippen molar-refractivity contribution >= 4 is 5.52 Å². The molecule has 0 aliphatic rings. The van der Waals surface area contributed by atoms with Gasteiger partial charge in [-0.25, -0.2) is 9.50 Å². The summed E-state index contributed by atoms with van der Waals surface area (Å²) in [6.45, 7) is 2.87. The number of nitrogens with two attached hydrogens (primary N) is 1. The molecule has 0 aliphatic carbocycles. The van der Waals surface area contributed by atoms with Gasteiger partial charge >= 0.3 is 0 Å². The second-order valence-corrected chi connectivity index (χ2v) is 3.67. The van der Waals surface area contributed by atoms with Crippen LogP contribution in [0.4, 0.5) is 0 Å². The minimum atomic E-state index is 0.514. The van der Waals surface area contributed by atoms with Gasteiger partial charge in [0, 0.05) is 6.20 Å². The van der Waals surface area contributed by atoms with Gasteiger partial charge in [0.25, 0.3) is 0 Å². The Morgan fingerprint density at radius 2 is 2.43 bits per heavy atom. The minimum absolute atomic E-state index is 0.514. The SMILES string of the molecule is CC(CN)Cc1cc2cncnn2c1. The molecule has 0 saturated heterocycles. The molecule has 0 saturated carbocycles. The zero-order valence-electron chi connectivity index (χ0n) is 8.22. The maximum Gasteiger partial charge on any atom is 0.136 e. The smallest absolute Gasteiger partial charge is 0.136 e. The fourth-order valence-electron chi connectivity index (χ4n) is 1.51. The Kier molecular flexibility index (Phi) is 2.45. The van der Waals surface area contributed by atoms with Crippen molar-refractivity contribution in [3.63, 3.8) is 0 Å². The van der Waals surface area contributed by atoms with Crippen LogP contribution in [0.5, 0.6) is 0 Å². The van der Waals surface area contributed by atoms with Gasteiger partial charge in [0.2, 0.25) is 0 Å². The molecule has 14 heavy (non-hydrogen) atoms. The summed E-state index contributed by atoms with van der Waals surface area (Å²) in [5.41, 5.74) is 7.88. The Labute approximate surface area is 82.8 Å². The lowest BCUT2D eigenvalue weighted by atomic mass is 10.0. The van der Waals surface area contributed by atoms with Gasteiger partial charge in [0.05, 0.1) is 11.7 Å². The number of rotatable bonds is 3. The summed E-state index contributed by atoms with van der Waals surface area (Å²) in [6, 6.07) is 2.10. The van der Waals surface area contributed by atoms with Gasteiger partial charge in [-0.3, -0.25) is 0 Å². The molecule has 1 atom stereocenters. The van der Waals surface area contributed by atoms with Crippen LogP contribution in [0.1, 0.15) is 12.5 Å². The second-order valence-electron chi connectivity index (χ2n) is 3.67. The van der Waals surface area contributed by atoms with Crippen LogP contribution in [0.25, 0.3) is 5.52 Å². The van der Waals surface area contributed by atoms with Crippen LogP contribution >= 0.6 is 0 Å². The average Bonchev–Trinajstić information content (AvgIpc) is 2.59. The van der Waals surface area contributed by atoms with E-state index in [0.29, 0.717) is 5.92 Å². The first-order valence-electron chi connectivity index (χ1n) is 4.77. The van der Waals surface area contributed by atoms with Crippen molar-refractivity contribution in [1.29, 1.82) is 0 Å². The molecule has 2 rings (SSSR count). The summed E-state index contributed by atoms with van der Waals surface area (Å²) in [6.07, 6.45) is 6.38. The summed E-state index contributed by atoms with van der Waals surface area (Å²) in [5.74, 6) is 0.514. The number of hydrogen-bond acceptors (Lipinski definition) is 3. The molecule has 74 valence electrons. The molecule has 2 aromatic heterocycles. The van der Waals surface area contributed by atoms with Crippen molar-refractivity contribution in [2.75, 3.05) is 6.54 Å². The molecule has 0 radical (unpaired) electrons. The highest BCUT2D eigenvalue weighted by Crippen LogP contribution is 2.11.